The third-order valence-corrected chi connectivity index (χ3v) is 3.15. The number of fused-ring (bicyclic) bond motifs is 1. The van der Waals surface area contributed by atoms with Crippen LogP contribution in [0.4, 0.5) is 0 Å². The first-order chi connectivity index (χ1) is 8.35. The normalized spacial score (nSPS) is 11.5. The summed E-state index contributed by atoms with van der Waals surface area (Å²) < 4.78 is 0. The Morgan fingerprint density at radius 3 is 2.47 bits per heavy atom. The zero-order chi connectivity index (χ0) is 12.1. The maximum absolute atomic E-state index is 3.35. The van der Waals surface area contributed by atoms with Crippen molar-refractivity contribution >= 4 is 10.9 Å². The van der Waals surface area contributed by atoms with Crippen LogP contribution in [0.1, 0.15) is 32.3 Å². The molecule has 0 atom stereocenters. The molecule has 92 valence electrons. The number of aromatic amines is 1. The van der Waals surface area contributed by atoms with Crippen LogP contribution in [-0.4, -0.2) is 23.0 Å². The molecule has 0 aliphatic carbocycles. The highest BCUT2D eigenvalue weighted by molar-refractivity contribution is 5.82. The molecule has 2 rings (SSSR count). The Balaban J connectivity index is 2.15. The van der Waals surface area contributed by atoms with Gasteiger partial charge in [-0.15, -0.1) is 0 Å². The molecule has 0 aliphatic rings. The average Bonchev–Trinajstić information content (AvgIpc) is 2.74. The molecule has 2 aromatic rings. The summed E-state index contributed by atoms with van der Waals surface area (Å²) in [5, 5.41) is 1.37. The Hall–Kier alpha value is -1.28. The van der Waals surface area contributed by atoms with Crippen molar-refractivity contribution in [1.29, 1.82) is 0 Å². The van der Waals surface area contributed by atoms with E-state index in [1.807, 2.05) is 0 Å². The van der Waals surface area contributed by atoms with Gasteiger partial charge in [-0.25, -0.2) is 0 Å². The molecule has 1 aromatic carbocycles. The number of rotatable bonds is 6. The molecular formula is C15H22N2. The van der Waals surface area contributed by atoms with E-state index in [0.717, 1.165) is 6.54 Å². The van der Waals surface area contributed by atoms with E-state index in [9.17, 15) is 0 Å². The summed E-state index contributed by atoms with van der Waals surface area (Å²) in [4.78, 5) is 5.89. The van der Waals surface area contributed by atoms with Crippen LogP contribution in [0.5, 0.6) is 0 Å². The highest BCUT2D eigenvalue weighted by atomic mass is 15.1. The fraction of sp³-hybridized carbons (Fsp3) is 0.467. The molecule has 2 heteroatoms. The summed E-state index contributed by atoms with van der Waals surface area (Å²) in [6.45, 7) is 7.93. The first-order valence-electron chi connectivity index (χ1n) is 6.62. The molecule has 2 nitrogen and oxygen atoms in total. The lowest BCUT2D eigenvalue weighted by molar-refractivity contribution is 0.267. The van der Waals surface area contributed by atoms with E-state index < -0.39 is 0 Å². The lowest BCUT2D eigenvalue weighted by Crippen LogP contribution is -2.24. The van der Waals surface area contributed by atoms with Gasteiger partial charge in [-0.1, -0.05) is 32.0 Å². The highest BCUT2D eigenvalue weighted by Crippen LogP contribution is 2.19. The molecule has 0 unspecified atom stereocenters. The summed E-state index contributed by atoms with van der Waals surface area (Å²) in [5.74, 6) is 0. The molecule has 0 bridgehead atoms. The summed E-state index contributed by atoms with van der Waals surface area (Å²) in [5.41, 5.74) is 2.66. The number of hydrogen-bond donors (Lipinski definition) is 1. The minimum Gasteiger partial charge on any atom is -0.361 e. The molecule has 1 aromatic heterocycles. The number of benzene rings is 1. The Labute approximate surface area is 104 Å². The lowest BCUT2D eigenvalue weighted by atomic mass is 10.1. The Kier molecular flexibility index (Phi) is 4.21. The minimum atomic E-state index is 1.06. The summed E-state index contributed by atoms with van der Waals surface area (Å²) in [6, 6.07) is 8.54. The molecule has 0 saturated heterocycles. The monoisotopic (exact) mass is 230 g/mol. The third-order valence-electron chi connectivity index (χ3n) is 3.15. The smallest absolute Gasteiger partial charge is 0.0457 e. The van der Waals surface area contributed by atoms with Crippen LogP contribution in [0.25, 0.3) is 10.9 Å². The zero-order valence-electron chi connectivity index (χ0n) is 10.9. The number of H-pyrrole nitrogens is 1. The van der Waals surface area contributed by atoms with Gasteiger partial charge in [-0.05, 0) is 37.6 Å². The molecule has 17 heavy (non-hydrogen) atoms. The van der Waals surface area contributed by atoms with Crippen molar-refractivity contribution in [3.63, 3.8) is 0 Å². The Bertz CT molecular complexity index is 453. The Morgan fingerprint density at radius 1 is 1.06 bits per heavy atom. The molecule has 0 aliphatic heterocycles. The van der Waals surface area contributed by atoms with Gasteiger partial charge in [0.25, 0.3) is 0 Å². The van der Waals surface area contributed by atoms with E-state index in [4.69, 9.17) is 0 Å². The maximum atomic E-state index is 3.35. The van der Waals surface area contributed by atoms with E-state index in [-0.39, 0.29) is 0 Å². The molecule has 1 N–H and O–H groups in total. The van der Waals surface area contributed by atoms with Crippen molar-refractivity contribution in [2.75, 3.05) is 13.1 Å². The van der Waals surface area contributed by atoms with Gasteiger partial charge >= 0.3 is 0 Å². The van der Waals surface area contributed by atoms with E-state index in [2.05, 4.69) is 54.2 Å². The second-order valence-corrected chi connectivity index (χ2v) is 4.64. The van der Waals surface area contributed by atoms with Gasteiger partial charge in [0.15, 0.2) is 0 Å². The summed E-state index contributed by atoms with van der Waals surface area (Å²) >= 11 is 0. The maximum Gasteiger partial charge on any atom is 0.0457 e. The van der Waals surface area contributed by atoms with E-state index in [1.54, 1.807) is 0 Å². The average molecular weight is 230 g/mol. The number of nitrogens with one attached hydrogen (secondary N) is 1. The molecule has 1 heterocycles. The number of hydrogen-bond acceptors (Lipinski definition) is 1. The fourth-order valence-electron chi connectivity index (χ4n) is 2.41. The zero-order valence-corrected chi connectivity index (χ0v) is 10.9. The van der Waals surface area contributed by atoms with Gasteiger partial charge in [0.2, 0.25) is 0 Å². The molecule has 0 fully saturated rings. The Morgan fingerprint density at radius 2 is 1.76 bits per heavy atom. The largest absolute Gasteiger partial charge is 0.361 e. The second-order valence-electron chi connectivity index (χ2n) is 4.64. The third kappa shape index (κ3) is 2.89. The molecular weight excluding hydrogens is 208 g/mol. The van der Waals surface area contributed by atoms with Gasteiger partial charge in [-0.2, -0.15) is 0 Å². The van der Waals surface area contributed by atoms with Gasteiger partial charge in [0.05, 0.1) is 0 Å². The first kappa shape index (κ1) is 12.2. The van der Waals surface area contributed by atoms with Crippen LogP contribution < -0.4 is 0 Å². The van der Waals surface area contributed by atoms with E-state index in [1.165, 1.54) is 42.4 Å². The quantitative estimate of drug-likeness (QED) is 0.800. The fourth-order valence-corrected chi connectivity index (χ4v) is 2.41. The van der Waals surface area contributed by atoms with Crippen molar-refractivity contribution in [2.24, 2.45) is 0 Å². The molecule has 0 radical (unpaired) electrons. The number of nitrogens with zero attached hydrogens (tertiary/aromatic N) is 1. The van der Waals surface area contributed by atoms with Crippen LogP contribution >= 0.6 is 0 Å². The van der Waals surface area contributed by atoms with Crippen LogP contribution in [-0.2, 0) is 6.54 Å². The highest BCUT2D eigenvalue weighted by Gasteiger charge is 2.07. The van der Waals surface area contributed by atoms with Crippen molar-refractivity contribution in [3.05, 3.63) is 36.0 Å². The van der Waals surface area contributed by atoms with Crippen LogP contribution in [0.2, 0.25) is 0 Å². The molecule has 0 saturated carbocycles. The van der Waals surface area contributed by atoms with E-state index >= 15 is 0 Å². The number of aromatic nitrogens is 1. The first-order valence-corrected chi connectivity index (χ1v) is 6.62. The predicted molar refractivity (Wildman–Crippen MR) is 74.2 cm³/mol. The SMILES string of the molecule is CCCN(CCC)Cc1c[nH]c2ccccc12. The van der Waals surface area contributed by atoms with Crippen molar-refractivity contribution in [1.82, 2.24) is 9.88 Å². The van der Waals surface area contributed by atoms with Crippen molar-refractivity contribution in [2.45, 2.75) is 33.2 Å². The topological polar surface area (TPSA) is 19.0 Å². The standard InChI is InChI=1S/C15H22N2/c1-3-9-17(10-4-2)12-13-11-16-15-8-6-5-7-14(13)15/h5-8,11,16H,3-4,9-10,12H2,1-2H3. The van der Waals surface area contributed by atoms with Crippen LogP contribution in [0, 0.1) is 0 Å². The summed E-state index contributed by atoms with van der Waals surface area (Å²) in [7, 11) is 0. The second kappa shape index (κ2) is 5.87. The molecule has 0 spiro atoms. The molecule has 0 amide bonds. The predicted octanol–water partition coefficient (Wildman–Crippen LogP) is 3.79. The van der Waals surface area contributed by atoms with Gasteiger partial charge in [0.1, 0.15) is 0 Å². The van der Waals surface area contributed by atoms with Crippen LogP contribution in [0.3, 0.4) is 0 Å². The van der Waals surface area contributed by atoms with Gasteiger partial charge in [0, 0.05) is 23.6 Å². The van der Waals surface area contributed by atoms with Crippen LogP contribution in [0.15, 0.2) is 30.5 Å². The van der Waals surface area contributed by atoms with Crippen molar-refractivity contribution < 1.29 is 0 Å². The summed E-state index contributed by atoms with van der Waals surface area (Å²) in [6.07, 6.45) is 4.60. The minimum absolute atomic E-state index is 1.06. The van der Waals surface area contributed by atoms with Gasteiger partial charge < -0.3 is 4.98 Å². The van der Waals surface area contributed by atoms with Crippen molar-refractivity contribution in [3.8, 4) is 0 Å². The number of para-hydroxylation sites is 1. The van der Waals surface area contributed by atoms with Gasteiger partial charge in [-0.3, -0.25) is 4.90 Å². The van der Waals surface area contributed by atoms with E-state index in [0.29, 0.717) is 0 Å². The lowest BCUT2D eigenvalue weighted by Gasteiger charge is -2.20.